The number of methoxy groups -OCH3 is 1. The van der Waals surface area contributed by atoms with Crippen molar-refractivity contribution in [1.82, 2.24) is 9.97 Å². The van der Waals surface area contributed by atoms with Gasteiger partial charge in [0.05, 0.1) is 18.8 Å². The highest BCUT2D eigenvalue weighted by Gasteiger charge is 2.43. The second-order valence-electron chi connectivity index (χ2n) is 10.2. The number of hydrogen-bond acceptors (Lipinski definition) is 8. The number of aromatic nitrogens is 2. The number of β-amino-alcohol motifs (C(OH)–C–C–N with tert-alkyl or cyclic N) is 1. The summed E-state index contributed by atoms with van der Waals surface area (Å²) in [5.41, 5.74) is 1.32. The third kappa shape index (κ3) is 7.61. The van der Waals surface area contributed by atoms with Crippen molar-refractivity contribution in [3.8, 4) is 0 Å². The fraction of sp³-hybridized carbons (Fsp3) is 0.654. The molecule has 1 unspecified atom stereocenters. The first-order valence-corrected chi connectivity index (χ1v) is 12.6. The Morgan fingerprint density at radius 2 is 2.03 bits per heavy atom. The highest BCUT2D eigenvalue weighted by molar-refractivity contribution is 5.87. The van der Waals surface area contributed by atoms with Gasteiger partial charge in [0, 0.05) is 56.9 Å². The lowest BCUT2D eigenvalue weighted by atomic mass is 10.0. The van der Waals surface area contributed by atoms with Crippen LogP contribution in [0.4, 0.5) is 25.1 Å². The van der Waals surface area contributed by atoms with Gasteiger partial charge in [0.1, 0.15) is 23.3 Å². The summed E-state index contributed by atoms with van der Waals surface area (Å²) in [7, 11) is 1.53. The normalized spacial score (nSPS) is 17.6. The third-order valence-electron chi connectivity index (χ3n) is 6.07. The van der Waals surface area contributed by atoms with Gasteiger partial charge in [-0.25, -0.2) is 23.5 Å². The zero-order valence-electron chi connectivity index (χ0n) is 22.5. The second kappa shape index (κ2) is 11.7. The van der Waals surface area contributed by atoms with Gasteiger partial charge in [-0.15, -0.1) is 0 Å². The lowest BCUT2D eigenvalue weighted by molar-refractivity contribution is -0.117. The van der Waals surface area contributed by atoms with Crippen molar-refractivity contribution in [2.45, 2.75) is 77.9 Å². The summed E-state index contributed by atoms with van der Waals surface area (Å²) in [4.78, 5) is 25.3. The summed E-state index contributed by atoms with van der Waals surface area (Å²) in [6.07, 6.45) is -1.20. The number of carbonyl (C=O) groups is 1. The standard InChI is InChI=1S/C26H38F2N4O5/c1-7-20-17(2)29-23(36-20)9-8-18-14-19(31-11-10-26(27,28)21(33)16-31)15-22(30-18)32(12-13-35-6)24(34)37-25(3,4)5/h14-15,21,33H,7-13,16H2,1-6H3. The van der Waals surface area contributed by atoms with Gasteiger partial charge in [0.25, 0.3) is 5.92 Å². The maximum absolute atomic E-state index is 14.0. The van der Waals surface area contributed by atoms with Gasteiger partial charge in [-0.05, 0) is 40.2 Å². The smallest absolute Gasteiger partial charge is 0.416 e. The molecule has 11 heteroatoms. The van der Waals surface area contributed by atoms with Crippen LogP contribution in [0.15, 0.2) is 16.5 Å². The van der Waals surface area contributed by atoms with Gasteiger partial charge in [-0.3, -0.25) is 4.90 Å². The van der Waals surface area contributed by atoms with Crippen molar-refractivity contribution in [3.05, 3.63) is 35.2 Å². The Hall–Kier alpha value is -2.79. The van der Waals surface area contributed by atoms with E-state index in [4.69, 9.17) is 18.9 Å². The lowest BCUT2D eigenvalue weighted by Crippen LogP contribution is -2.51. The summed E-state index contributed by atoms with van der Waals surface area (Å²) < 4.78 is 44.5. The topological polar surface area (TPSA) is 101 Å². The molecule has 0 aliphatic carbocycles. The summed E-state index contributed by atoms with van der Waals surface area (Å²) in [6.45, 7) is 9.44. The van der Waals surface area contributed by atoms with E-state index in [9.17, 15) is 18.7 Å². The number of aliphatic hydroxyl groups is 1. The number of carbonyl (C=O) groups excluding carboxylic acids is 1. The largest absolute Gasteiger partial charge is 0.445 e. The number of anilines is 2. The molecule has 0 bridgehead atoms. The van der Waals surface area contributed by atoms with Gasteiger partial charge in [0.2, 0.25) is 0 Å². The molecule has 37 heavy (non-hydrogen) atoms. The Kier molecular flexibility index (Phi) is 9.12. The highest BCUT2D eigenvalue weighted by Crippen LogP contribution is 2.33. The van der Waals surface area contributed by atoms with Crippen molar-refractivity contribution in [2.75, 3.05) is 43.2 Å². The molecule has 3 rings (SSSR count). The van der Waals surface area contributed by atoms with E-state index in [1.54, 1.807) is 37.8 Å². The monoisotopic (exact) mass is 524 g/mol. The van der Waals surface area contributed by atoms with Crippen LogP contribution >= 0.6 is 0 Å². The molecule has 3 heterocycles. The number of ether oxygens (including phenoxy) is 2. The summed E-state index contributed by atoms with van der Waals surface area (Å²) >= 11 is 0. The molecule has 1 aliphatic heterocycles. The van der Waals surface area contributed by atoms with Gasteiger partial charge < -0.3 is 23.9 Å². The molecule has 1 aliphatic rings. The third-order valence-corrected chi connectivity index (χ3v) is 6.07. The second-order valence-corrected chi connectivity index (χ2v) is 10.2. The van der Waals surface area contributed by atoms with Crippen molar-refractivity contribution >= 4 is 17.6 Å². The predicted octanol–water partition coefficient (Wildman–Crippen LogP) is 4.32. The van der Waals surface area contributed by atoms with Gasteiger partial charge in [-0.1, -0.05) is 6.92 Å². The van der Waals surface area contributed by atoms with Crippen molar-refractivity contribution < 1.29 is 32.6 Å². The molecule has 2 aromatic rings. The summed E-state index contributed by atoms with van der Waals surface area (Å²) in [5, 5.41) is 10.0. The minimum absolute atomic E-state index is 0.0518. The first-order valence-electron chi connectivity index (χ1n) is 12.6. The summed E-state index contributed by atoms with van der Waals surface area (Å²) in [6, 6.07) is 3.45. The van der Waals surface area contributed by atoms with Crippen molar-refractivity contribution in [3.63, 3.8) is 0 Å². The van der Waals surface area contributed by atoms with E-state index in [0.717, 1.165) is 17.9 Å². The van der Waals surface area contributed by atoms with E-state index in [1.165, 1.54) is 12.0 Å². The van der Waals surface area contributed by atoms with E-state index >= 15 is 0 Å². The fourth-order valence-electron chi connectivity index (χ4n) is 4.08. The molecule has 0 saturated carbocycles. The summed E-state index contributed by atoms with van der Waals surface area (Å²) in [5.74, 6) is -1.42. The number of pyridine rings is 1. The molecule has 0 spiro atoms. The molecule has 1 saturated heterocycles. The van der Waals surface area contributed by atoms with Gasteiger partial charge >= 0.3 is 6.09 Å². The van der Waals surface area contributed by atoms with Crippen molar-refractivity contribution in [2.24, 2.45) is 0 Å². The predicted molar refractivity (Wildman–Crippen MR) is 136 cm³/mol. The average Bonchev–Trinajstić information content (AvgIpc) is 3.18. The molecule has 206 valence electrons. The van der Waals surface area contributed by atoms with E-state index in [0.29, 0.717) is 35.9 Å². The number of alkyl halides is 2. The van der Waals surface area contributed by atoms with Crippen LogP contribution in [0.2, 0.25) is 0 Å². The van der Waals surface area contributed by atoms with Crippen LogP contribution in [0.1, 0.15) is 57.2 Å². The minimum Gasteiger partial charge on any atom is -0.445 e. The highest BCUT2D eigenvalue weighted by atomic mass is 19.3. The lowest BCUT2D eigenvalue weighted by Gasteiger charge is -2.37. The molecule has 9 nitrogen and oxygen atoms in total. The zero-order chi connectivity index (χ0) is 27.4. The number of halogens is 2. The Morgan fingerprint density at radius 1 is 1.30 bits per heavy atom. The molecule has 0 aromatic carbocycles. The number of aryl methyl sites for hydroxylation is 4. The average molecular weight is 525 g/mol. The Morgan fingerprint density at radius 3 is 2.62 bits per heavy atom. The maximum Gasteiger partial charge on any atom is 0.416 e. The van der Waals surface area contributed by atoms with Crippen LogP contribution in [-0.4, -0.2) is 72.1 Å². The number of amides is 1. The number of rotatable bonds is 9. The number of nitrogens with zero attached hydrogens (tertiary/aromatic N) is 4. The molecule has 1 fully saturated rings. The van der Waals surface area contributed by atoms with Crippen LogP contribution in [0.25, 0.3) is 0 Å². The van der Waals surface area contributed by atoms with Gasteiger partial charge in [0.15, 0.2) is 5.89 Å². The van der Waals surface area contributed by atoms with E-state index in [2.05, 4.69) is 4.98 Å². The van der Waals surface area contributed by atoms with Crippen LogP contribution in [0.5, 0.6) is 0 Å². The maximum atomic E-state index is 14.0. The molecule has 0 radical (unpaired) electrons. The van der Waals surface area contributed by atoms with Crippen molar-refractivity contribution in [1.29, 1.82) is 0 Å². The molecule has 1 atom stereocenters. The number of aliphatic hydroxyl groups excluding tert-OH is 1. The van der Waals surface area contributed by atoms with Gasteiger partial charge in [-0.2, -0.15) is 0 Å². The Balaban J connectivity index is 1.96. The zero-order valence-corrected chi connectivity index (χ0v) is 22.5. The first-order chi connectivity index (χ1) is 17.3. The number of hydrogen-bond donors (Lipinski definition) is 1. The van der Waals surface area contributed by atoms with E-state index in [-0.39, 0.29) is 26.2 Å². The van der Waals surface area contributed by atoms with E-state index in [1.807, 2.05) is 13.8 Å². The van der Waals surface area contributed by atoms with E-state index < -0.39 is 30.1 Å². The SMILES string of the molecule is CCc1oc(CCc2cc(N3CCC(F)(F)C(O)C3)cc(N(CCOC)C(=O)OC(C)(C)C)n2)nc1C. The number of piperidine rings is 1. The van der Waals surface area contributed by atoms with Crippen LogP contribution < -0.4 is 9.80 Å². The molecule has 2 aromatic heterocycles. The molecular weight excluding hydrogens is 486 g/mol. The van der Waals surface area contributed by atoms with Crippen LogP contribution in [0, 0.1) is 6.92 Å². The molecular formula is C26H38F2N4O5. The van der Waals surface area contributed by atoms with Crippen LogP contribution in [0.3, 0.4) is 0 Å². The molecule has 1 N–H and O–H groups in total. The Bertz CT molecular complexity index is 1070. The minimum atomic E-state index is -3.14. The van der Waals surface area contributed by atoms with Crippen LogP contribution in [-0.2, 0) is 28.7 Å². The Labute approximate surface area is 216 Å². The first kappa shape index (κ1) is 28.8. The molecule has 1 amide bonds. The quantitative estimate of drug-likeness (QED) is 0.518. The number of oxazole rings is 1. The fourth-order valence-corrected chi connectivity index (χ4v) is 4.08.